The van der Waals surface area contributed by atoms with E-state index in [0.29, 0.717) is 18.4 Å². The average molecular weight is 260 g/mol. The number of methoxy groups -OCH3 is 1. The second-order valence-electron chi connectivity index (χ2n) is 4.83. The lowest BCUT2D eigenvalue weighted by atomic mass is 9.98. The van der Waals surface area contributed by atoms with Crippen molar-refractivity contribution in [3.8, 4) is 17.0 Å². The lowest BCUT2D eigenvalue weighted by Gasteiger charge is -2.11. The van der Waals surface area contributed by atoms with Crippen molar-refractivity contribution >= 4 is 0 Å². The predicted molar refractivity (Wildman–Crippen MR) is 75.2 cm³/mol. The van der Waals surface area contributed by atoms with Gasteiger partial charge < -0.3 is 14.9 Å². The number of nitrogens with two attached hydrogens (primary N) is 1. The number of aromatic nitrogens is 1. The van der Waals surface area contributed by atoms with Crippen molar-refractivity contribution in [2.24, 2.45) is 5.73 Å². The lowest BCUT2D eigenvalue weighted by Crippen LogP contribution is -1.96. The van der Waals surface area contributed by atoms with E-state index in [-0.39, 0.29) is 0 Å². The molecule has 0 bridgehead atoms. The van der Waals surface area contributed by atoms with Crippen LogP contribution >= 0.6 is 0 Å². The Labute approximate surface area is 113 Å². The quantitative estimate of drug-likeness (QED) is 0.916. The topological polar surface area (TPSA) is 61.3 Å². The maximum atomic E-state index is 5.57. The van der Waals surface area contributed by atoms with Crippen LogP contribution in [-0.2, 0) is 6.54 Å². The molecular formula is C15H20N2O2. The zero-order valence-electron chi connectivity index (χ0n) is 11.9. The molecule has 0 spiro atoms. The van der Waals surface area contributed by atoms with Crippen molar-refractivity contribution in [1.29, 1.82) is 0 Å². The minimum atomic E-state index is 0.299. The van der Waals surface area contributed by atoms with Crippen molar-refractivity contribution in [1.82, 2.24) is 4.98 Å². The van der Waals surface area contributed by atoms with Crippen molar-refractivity contribution < 1.29 is 9.15 Å². The van der Waals surface area contributed by atoms with Gasteiger partial charge in [0.1, 0.15) is 17.2 Å². The number of hydrogen-bond acceptors (Lipinski definition) is 4. The Balaban J connectivity index is 2.57. The average Bonchev–Trinajstić information content (AvgIpc) is 2.79. The molecule has 0 unspecified atom stereocenters. The smallest absolute Gasteiger partial charge is 0.208 e. The van der Waals surface area contributed by atoms with Gasteiger partial charge in [0.25, 0.3) is 0 Å². The van der Waals surface area contributed by atoms with Crippen LogP contribution in [-0.4, -0.2) is 12.1 Å². The van der Waals surface area contributed by atoms with Crippen molar-refractivity contribution in [2.75, 3.05) is 7.11 Å². The van der Waals surface area contributed by atoms with Crippen LogP contribution in [0.25, 0.3) is 11.3 Å². The fourth-order valence-corrected chi connectivity index (χ4v) is 2.06. The molecule has 0 aliphatic heterocycles. The third kappa shape index (κ3) is 2.63. The number of oxazole rings is 1. The summed E-state index contributed by atoms with van der Waals surface area (Å²) in [6, 6.07) is 6.15. The van der Waals surface area contributed by atoms with E-state index in [2.05, 4.69) is 31.0 Å². The largest absolute Gasteiger partial charge is 0.496 e. The van der Waals surface area contributed by atoms with Crippen LogP contribution in [0.15, 0.2) is 22.6 Å². The fraction of sp³-hybridized carbons (Fsp3) is 0.400. The minimum Gasteiger partial charge on any atom is -0.496 e. The van der Waals surface area contributed by atoms with Gasteiger partial charge in [-0.2, -0.15) is 0 Å². The van der Waals surface area contributed by atoms with Gasteiger partial charge in [-0.1, -0.05) is 19.9 Å². The maximum Gasteiger partial charge on any atom is 0.208 e. The Hall–Kier alpha value is -1.81. The molecule has 102 valence electrons. The molecule has 1 heterocycles. The molecular weight excluding hydrogens is 240 g/mol. The molecule has 2 aromatic rings. The summed E-state index contributed by atoms with van der Waals surface area (Å²) in [5.41, 5.74) is 8.57. The maximum absolute atomic E-state index is 5.57. The molecule has 0 fully saturated rings. The summed E-state index contributed by atoms with van der Waals surface area (Å²) in [6.07, 6.45) is 0. The molecule has 0 saturated carbocycles. The molecule has 0 aliphatic carbocycles. The van der Waals surface area contributed by atoms with Crippen molar-refractivity contribution in [3.05, 3.63) is 35.4 Å². The minimum absolute atomic E-state index is 0.299. The van der Waals surface area contributed by atoms with E-state index in [4.69, 9.17) is 14.9 Å². The highest BCUT2D eigenvalue weighted by Crippen LogP contribution is 2.34. The van der Waals surface area contributed by atoms with Crippen LogP contribution in [0.5, 0.6) is 5.75 Å². The first-order valence-electron chi connectivity index (χ1n) is 6.41. The summed E-state index contributed by atoms with van der Waals surface area (Å²) in [4.78, 5) is 4.44. The fourth-order valence-electron chi connectivity index (χ4n) is 2.06. The van der Waals surface area contributed by atoms with Gasteiger partial charge in [0.2, 0.25) is 5.89 Å². The van der Waals surface area contributed by atoms with Gasteiger partial charge in [0.15, 0.2) is 0 Å². The number of benzene rings is 1. The molecule has 0 radical (unpaired) electrons. The number of aryl methyl sites for hydroxylation is 1. The van der Waals surface area contributed by atoms with Crippen LogP contribution in [0.2, 0.25) is 0 Å². The highest BCUT2D eigenvalue weighted by molar-refractivity contribution is 5.69. The Morgan fingerprint density at radius 1 is 1.37 bits per heavy atom. The lowest BCUT2D eigenvalue weighted by molar-refractivity contribution is 0.416. The molecule has 1 aromatic heterocycles. The van der Waals surface area contributed by atoms with E-state index < -0.39 is 0 Å². The van der Waals surface area contributed by atoms with Gasteiger partial charge in [-0.05, 0) is 30.5 Å². The van der Waals surface area contributed by atoms with Crippen LogP contribution in [0.1, 0.15) is 37.0 Å². The first-order valence-corrected chi connectivity index (χ1v) is 6.41. The van der Waals surface area contributed by atoms with E-state index >= 15 is 0 Å². The molecule has 0 amide bonds. The monoisotopic (exact) mass is 260 g/mol. The molecule has 19 heavy (non-hydrogen) atoms. The van der Waals surface area contributed by atoms with Crippen LogP contribution in [0, 0.1) is 6.92 Å². The Kier molecular flexibility index (Phi) is 3.90. The summed E-state index contributed by atoms with van der Waals surface area (Å²) >= 11 is 0. The van der Waals surface area contributed by atoms with E-state index in [1.165, 1.54) is 5.56 Å². The van der Waals surface area contributed by atoms with Gasteiger partial charge in [-0.15, -0.1) is 0 Å². The third-order valence-electron chi connectivity index (χ3n) is 3.16. The Bertz CT molecular complexity index is 574. The van der Waals surface area contributed by atoms with Crippen LogP contribution < -0.4 is 10.5 Å². The molecule has 0 saturated heterocycles. The zero-order valence-corrected chi connectivity index (χ0v) is 11.9. The van der Waals surface area contributed by atoms with Gasteiger partial charge >= 0.3 is 0 Å². The highest BCUT2D eigenvalue weighted by atomic mass is 16.5. The molecule has 0 aliphatic rings. The summed E-state index contributed by atoms with van der Waals surface area (Å²) in [5.74, 6) is 2.55. The Morgan fingerprint density at radius 2 is 2.11 bits per heavy atom. The molecule has 4 heteroatoms. The number of nitrogens with zero attached hydrogens (tertiary/aromatic N) is 1. The van der Waals surface area contributed by atoms with E-state index in [0.717, 1.165) is 22.8 Å². The second kappa shape index (κ2) is 5.45. The van der Waals surface area contributed by atoms with Gasteiger partial charge in [0, 0.05) is 5.56 Å². The SMILES string of the molecule is COc1ccc(C(C)C)cc1-c1nc(CN)oc1C. The van der Waals surface area contributed by atoms with Crippen molar-refractivity contribution in [2.45, 2.75) is 33.2 Å². The standard InChI is InChI=1S/C15H20N2O2/c1-9(2)11-5-6-13(18-4)12(7-11)15-10(3)19-14(8-16)17-15/h5-7,9H,8,16H2,1-4H3. The predicted octanol–water partition coefficient (Wildman–Crippen LogP) is 3.24. The first-order chi connectivity index (χ1) is 9.06. The number of ether oxygens (including phenoxy) is 1. The third-order valence-corrected chi connectivity index (χ3v) is 3.16. The second-order valence-corrected chi connectivity index (χ2v) is 4.83. The molecule has 1 aromatic carbocycles. The van der Waals surface area contributed by atoms with Gasteiger partial charge in [-0.25, -0.2) is 4.98 Å². The summed E-state index contributed by atoms with van der Waals surface area (Å²) in [7, 11) is 1.66. The van der Waals surface area contributed by atoms with Crippen LogP contribution in [0.3, 0.4) is 0 Å². The van der Waals surface area contributed by atoms with Crippen molar-refractivity contribution in [3.63, 3.8) is 0 Å². The summed E-state index contributed by atoms with van der Waals surface area (Å²) in [6.45, 7) is 6.51. The van der Waals surface area contributed by atoms with E-state index in [1.807, 2.05) is 13.0 Å². The molecule has 2 rings (SSSR count). The van der Waals surface area contributed by atoms with Gasteiger partial charge in [0.05, 0.1) is 13.7 Å². The Morgan fingerprint density at radius 3 is 2.63 bits per heavy atom. The zero-order chi connectivity index (χ0) is 14.0. The first kappa shape index (κ1) is 13.6. The van der Waals surface area contributed by atoms with E-state index in [1.54, 1.807) is 7.11 Å². The summed E-state index contributed by atoms with van der Waals surface area (Å²) in [5, 5.41) is 0. The molecule has 2 N–H and O–H groups in total. The number of hydrogen-bond donors (Lipinski definition) is 1. The van der Waals surface area contributed by atoms with Crippen LogP contribution in [0.4, 0.5) is 0 Å². The molecule has 4 nitrogen and oxygen atoms in total. The summed E-state index contributed by atoms with van der Waals surface area (Å²) < 4.78 is 10.9. The van der Waals surface area contributed by atoms with E-state index in [9.17, 15) is 0 Å². The number of rotatable bonds is 4. The molecule has 0 atom stereocenters. The normalized spacial score (nSPS) is 11.1. The highest BCUT2D eigenvalue weighted by Gasteiger charge is 2.16. The van der Waals surface area contributed by atoms with Gasteiger partial charge in [-0.3, -0.25) is 0 Å².